The first-order chi connectivity index (χ1) is 10.5. The lowest BCUT2D eigenvalue weighted by Crippen LogP contribution is -2.47. The zero-order chi connectivity index (χ0) is 15.7. The van der Waals surface area contributed by atoms with E-state index in [4.69, 9.17) is 0 Å². The van der Waals surface area contributed by atoms with Crippen molar-refractivity contribution < 1.29 is 0 Å². The first-order valence-electron chi connectivity index (χ1n) is 7.17. The van der Waals surface area contributed by atoms with E-state index >= 15 is 0 Å². The van der Waals surface area contributed by atoms with Crippen LogP contribution in [0.1, 0.15) is 19.4 Å². The molecule has 0 aliphatic carbocycles. The fraction of sp³-hybridized carbons (Fsp3) is 0.176. The lowest BCUT2D eigenvalue weighted by Gasteiger charge is -1.94. The minimum absolute atomic E-state index is 0.181. The van der Waals surface area contributed by atoms with Gasteiger partial charge in [-0.05, 0) is 18.1 Å². The quantitative estimate of drug-likeness (QED) is 0.654. The zero-order valence-electron chi connectivity index (χ0n) is 12.4. The van der Waals surface area contributed by atoms with Crippen molar-refractivity contribution in [3.63, 3.8) is 0 Å². The van der Waals surface area contributed by atoms with Crippen LogP contribution < -0.4 is 21.8 Å². The second-order valence-electron chi connectivity index (χ2n) is 5.58. The summed E-state index contributed by atoms with van der Waals surface area (Å²) in [6.45, 7) is 3.90. The molecule has 3 aromatic rings. The normalized spacial score (nSPS) is 13.4. The van der Waals surface area contributed by atoms with Crippen LogP contribution in [0.2, 0.25) is 0 Å². The van der Waals surface area contributed by atoms with E-state index in [-0.39, 0.29) is 22.4 Å². The highest BCUT2D eigenvalue weighted by atomic mass is 16.1. The molecule has 2 aromatic heterocycles. The van der Waals surface area contributed by atoms with E-state index in [0.717, 1.165) is 16.5 Å². The summed E-state index contributed by atoms with van der Waals surface area (Å²) in [5, 5.41) is 1.55. The smallest absolute Gasteiger partial charge is 0.272 e. The number of hydrogen-bond acceptors (Lipinski definition) is 2. The Hall–Kier alpha value is -2.82. The van der Waals surface area contributed by atoms with Crippen molar-refractivity contribution in [1.29, 1.82) is 0 Å². The molecule has 0 saturated heterocycles. The van der Waals surface area contributed by atoms with E-state index in [1.165, 1.54) is 0 Å². The predicted octanol–water partition coefficient (Wildman–Crippen LogP) is 0.810. The summed E-state index contributed by atoms with van der Waals surface area (Å²) in [6, 6.07) is 7.79. The topological polar surface area (TPSA) is 81.5 Å². The van der Waals surface area contributed by atoms with E-state index in [0.29, 0.717) is 5.35 Å². The van der Waals surface area contributed by atoms with Gasteiger partial charge in [0.15, 0.2) is 0 Å². The van der Waals surface area contributed by atoms with Crippen molar-refractivity contribution in [2.75, 3.05) is 0 Å². The maximum atomic E-state index is 12.1. The number of nitrogens with one attached hydrogen (secondary N) is 3. The van der Waals surface area contributed by atoms with Gasteiger partial charge >= 0.3 is 0 Å². The van der Waals surface area contributed by atoms with Crippen LogP contribution >= 0.6 is 0 Å². The summed E-state index contributed by atoms with van der Waals surface area (Å²) in [6.07, 6.45) is 5.23. The average molecular weight is 295 g/mol. The maximum Gasteiger partial charge on any atom is 0.272 e. The number of aromatic nitrogens is 3. The number of fused-ring (bicyclic) bond motifs is 1. The minimum atomic E-state index is -0.309. The molecule has 112 valence electrons. The van der Waals surface area contributed by atoms with Crippen molar-refractivity contribution in [2.45, 2.75) is 13.8 Å². The highest BCUT2D eigenvalue weighted by Gasteiger charge is 2.01. The van der Waals surface area contributed by atoms with E-state index in [1.807, 2.05) is 44.3 Å². The Morgan fingerprint density at radius 3 is 2.45 bits per heavy atom. The summed E-state index contributed by atoms with van der Waals surface area (Å²) < 4.78 is 0. The molecule has 3 N–H and O–H groups in total. The van der Waals surface area contributed by atoms with Crippen LogP contribution in [-0.2, 0) is 0 Å². The molecule has 22 heavy (non-hydrogen) atoms. The molecule has 0 bridgehead atoms. The number of aromatic amines is 3. The number of hydrogen-bond donors (Lipinski definition) is 3. The molecule has 0 aliphatic heterocycles. The molecule has 0 unspecified atom stereocenters. The SMILES string of the molecule is CC(C)/C=c1\[nH]c(=O)/c(=C/c2c[nH]c3ccccc23)[nH]c1=O. The Labute approximate surface area is 126 Å². The van der Waals surface area contributed by atoms with Crippen LogP contribution in [0.25, 0.3) is 23.1 Å². The van der Waals surface area contributed by atoms with Crippen LogP contribution in [0.15, 0.2) is 40.1 Å². The molecule has 0 radical (unpaired) electrons. The number of para-hydroxylation sites is 1. The Bertz CT molecular complexity index is 1050. The van der Waals surface area contributed by atoms with E-state index in [1.54, 1.807) is 12.2 Å². The van der Waals surface area contributed by atoms with E-state index < -0.39 is 0 Å². The molecule has 0 aliphatic rings. The number of rotatable bonds is 2. The molecule has 0 spiro atoms. The van der Waals surface area contributed by atoms with Gasteiger partial charge in [-0.2, -0.15) is 0 Å². The molecule has 0 saturated carbocycles. The second-order valence-corrected chi connectivity index (χ2v) is 5.58. The van der Waals surface area contributed by atoms with Gasteiger partial charge in [0.25, 0.3) is 11.1 Å². The monoisotopic (exact) mass is 295 g/mol. The van der Waals surface area contributed by atoms with Gasteiger partial charge in [-0.15, -0.1) is 0 Å². The van der Waals surface area contributed by atoms with Crippen molar-refractivity contribution in [3.05, 3.63) is 67.4 Å². The molecular weight excluding hydrogens is 278 g/mol. The average Bonchev–Trinajstić information content (AvgIpc) is 2.87. The van der Waals surface area contributed by atoms with Crippen LogP contribution in [0, 0.1) is 5.92 Å². The summed E-state index contributed by atoms with van der Waals surface area (Å²) in [5.41, 5.74) is 1.24. The second kappa shape index (κ2) is 5.52. The standard InChI is InChI=1S/C17H17N3O2/c1-10(2)7-14-16(21)20-15(17(22)19-14)8-11-9-18-13-6-4-3-5-12(11)13/h3-10,18H,1-2H3,(H,19,22)(H,20,21)/b14-7-,15-8-. The Morgan fingerprint density at radius 1 is 1.00 bits per heavy atom. The zero-order valence-corrected chi connectivity index (χ0v) is 12.4. The first-order valence-corrected chi connectivity index (χ1v) is 7.17. The van der Waals surface area contributed by atoms with Gasteiger partial charge in [-0.25, -0.2) is 0 Å². The van der Waals surface area contributed by atoms with Gasteiger partial charge in [-0.1, -0.05) is 38.1 Å². The van der Waals surface area contributed by atoms with Gasteiger partial charge in [0.1, 0.15) is 10.7 Å². The van der Waals surface area contributed by atoms with Crippen LogP contribution in [0.5, 0.6) is 0 Å². The molecular formula is C17H17N3O2. The third-order valence-corrected chi connectivity index (χ3v) is 3.41. The molecule has 5 heteroatoms. The molecule has 3 rings (SSSR count). The summed E-state index contributed by atoms with van der Waals surface area (Å²) in [7, 11) is 0. The van der Waals surface area contributed by atoms with Crippen molar-refractivity contribution in [1.82, 2.24) is 15.0 Å². The Balaban J connectivity index is 2.23. The first kappa shape index (κ1) is 14.1. The van der Waals surface area contributed by atoms with Gasteiger partial charge in [0, 0.05) is 22.7 Å². The lowest BCUT2D eigenvalue weighted by atomic mass is 10.1. The fourth-order valence-corrected chi connectivity index (χ4v) is 2.41. The molecule has 0 fully saturated rings. The molecule has 0 amide bonds. The summed E-state index contributed by atoms with van der Waals surface area (Å²) in [5.74, 6) is 0.181. The molecule has 0 atom stereocenters. The van der Waals surface area contributed by atoms with E-state index in [9.17, 15) is 9.59 Å². The van der Waals surface area contributed by atoms with Crippen molar-refractivity contribution >= 4 is 23.1 Å². The molecule has 2 heterocycles. The predicted molar refractivity (Wildman–Crippen MR) is 88.1 cm³/mol. The fourth-order valence-electron chi connectivity index (χ4n) is 2.41. The molecule has 1 aromatic carbocycles. The Kier molecular flexibility index (Phi) is 3.55. The third kappa shape index (κ3) is 2.65. The highest BCUT2D eigenvalue weighted by molar-refractivity contribution is 5.88. The van der Waals surface area contributed by atoms with Crippen LogP contribution in [0.4, 0.5) is 0 Å². The Morgan fingerprint density at radius 2 is 1.68 bits per heavy atom. The van der Waals surface area contributed by atoms with Crippen LogP contribution in [0.3, 0.4) is 0 Å². The third-order valence-electron chi connectivity index (χ3n) is 3.41. The van der Waals surface area contributed by atoms with Crippen molar-refractivity contribution in [3.8, 4) is 0 Å². The minimum Gasteiger partial charge on any atom is -0.361 e. The summed E-state index contributed by atoms with van der Waals surface area (Å²) in [4.78, 5) is 32.6. The van der Waals surface area contributed by atoms with Crippen LogP contribution in [-0.4, -0.2) is 15.0 Å². The highest BCUT2D eigenvalue weighted by Crippen LogP contribution is 2.17. The summed E-state index contributed by atoms with van der Waals surface area (Å²) >= 11 is 0. The maximum absolute atomic E-state index is 12.1. The van der Waals surface area contributed by atoms with Gasteiger partial charge < -0.3 is 15.0 Å². The van der Waals surface area contributed by atoms with Crippen molar-refractivity contribution in [2.24, 2.45) is 5.92 Å². The molecule has 5 nitrogen and oxygen atoms in total. The van der Waals surface area contributed by atoms with Gasteiger partial charge in [0.05, 0.1) is 0 Å². The number of benzene rings is 1. The van der Waals surface area contributed by atoms with Gasteiger partial charge in [-0.3, -0.25) is 9.59 Å². The van der Waals surface area contributed by atoms with E-state index in [2.05, 4.69) is 15.0 Å². The lowest BCUT2D eigenvalue weighted by molar-refractivity contribution is 0.866. The largest absolute Gasteiger partial charge is 0.361 e. The van der Waals surface area contributed by atoms with Gasteiger partial charge in [0.2, 0.25) is 0 Å². The number of H-pyrrole nitrogens is 3.